The van der Waals surface area contributed by atoms with Gasteiger partial charge in [-0.2, -0.15) is 0 Å². The first-order chi connectivity index (χ1) is 22.5. The van der Waals surface area contributed by atoms with E-state index >= 15 is 0 Å². The van der Waals surface area contributed by atoms with Gasteiger partial charge in [0.25, 0.3) is 0 Å². The normalized spacial score (nSPS) is 13.4. The second kappa shape index (κ2) is 24.5. The van der Waals surface area contributed by atoms with Gasteiger partial charge in [-0.3, -0.25) is 0 Å². The van der Waals surface area contributed by atoms with Crippen molar-refractivity contribution in [2.75, 3.05) is 40.3 Å². The molecule has 0 saturated heterocycles. The van der Waals surface area contributed by atoms with E-state index in [-0.39, 0.29) is 31.5 Å². The summed E-state index contributed by atoms with van der Waals surface area (Å²) in [6.45, 7) is 9.11. The SMILES string of the molecule is C.CNCCN.COc1ccc(C(N)(c2ccc(C)cc2)[C@H](N)C(C)C)cc1.NCCN.N[C@H](c1ccccc1)[C@H](N)c1ccccc1. The largest absolute Gasteiger partial charge is 0.497 e. The third-order valence-electron chi connectivity index (χ3n) is 7.66. The molecular weight excluding hydrogens is 596 g/mol. The maximum absolute atomic E-state index is 6.86. The van der Waals surface area contributed by atoms with Crippen LogP contribution in [0.4, 0.5) is 0 Å². The minimum absolute atomic E-state index is 0. The Morgan fingerprint density at radius 2 is 1.04 bits per heavy atom. The van der Waals surface area contributed by atoms with Gasteiger partial charge in [0.1, 0.15) is 5.75 Å². The molecule has 0 aliphatic carbocycles. The number of likely N-dealkylation sites (N-methyl/N-ethyl adjacent to an activating group) is 1. The Morgan fingerprint density at radius 3 is 1.33 bits per heavy atom. The Balaban J connectivity index is 0.000000741. The lowest BCUT2D eigenvalue weighted by molar-refractivity contribution is 0.337. The fraction of sp³-hybridized carbons (Fsp3) is 0.385. The molecule has 266 valence electrons. The van der Waals surface area contributed by atoms with Crippen molar-refractivity contribution in [1.82, 2.24) is 5.32 Å². The quantitative estimate of drug-likeness (QED) is 0.115. The zero-order valence-electron chi connectivity index (χ0n) is 29.0. The molecule has 0 amide bonds. The van der Waals surface area contributed by atoms with Crippen molar-refractivity contribution in [2.45, 2.75) is 51.9 Å². The molecule has 0 heterocycles. The molecule has 9 heteroatoms. The molecule has 4 aromatic rings. The summed E-state index contributed by atoms with van der Waals surface area (Å²) in [5, 5.41) is 2.89. The number of nitrogens with one attached hydrogen (secondary N) is 1. The lowest BCUT2D eigenvalue weighted by Crippen LogP contribution is -2.55. The van der Waals surface area contributed by atoms with Crippen LogP contribution in [0.15, 0.2) is 109 Å². The molecule has 4 rings (SSSR count). The van der Waals surface area contributed by atoms with Gasteiger partial charge in [-0.25, -0.2) is 0 Å². The van der Waals surface area contributed by atoms with Crippen molar-refractivity contribution in [3.8, 4) is 5.75 Å². The molecule has 1 unspecified atom stereocenters. The molecule has 9 nitrogen and oxygen atoms in total. The van der Waals surface area contributed by atoms with Crippen molar-refractivity contribution in [2.24, 2.45) is 46.1 Å². The van der Waals surface area contributed by atoms with Gasteiger partial charge >= 0.3 is 0 Å². The lowest BCUT2D eigenvalue weighted by atomic mass is 9.74. The van der Waals surface area contributed by atoms with E-state index in [1.165, 1.54) is 5.56 Å². The van der Waals surface area contributed by atoms with Crippen LogP contribution >= 0.6 is 0 Å². The Kier molecular flexibility index (Phi) is 22.6. The average molecular weight is 661 g/mol. The third kappa shape index (κ3) is 14.2. The first-order valence-electron chi connectivity index (χ1n) is 16.1. The molecule has 0 saturated carbocycles. The second-order valence-electron chi connectivity index (χ2n) is 11.6. The number of hydrogen-bond donors (Lipinski definition) is 8. The number of methoxy groups -OCH3 is 1. The first kappa shape index (κ1) is 44.4. The molecule has 0 bridgehead atoms. The Hall–Kier alpha value is -3.64. The monoisotopic (exact) mass is 661 g/mol. The van der Waals surface area contributed by atoms with Crippen molar-refractivity contribution in [1.29, 1.82) is 0 Å². The van der Waals surface area contributed by atoms with E-state index in [1.807, 2.05) is 92.0 Å². The van der Waals surface area contributed by atoms with E-state index < -0.39 is 5.54 Å². The van der Waals surface area contributed by atoms with Crippen LogP contribution in [0.5, 0.6) is 5.75 Å². The van der Waals surface area contributed by atoms with Gasteiger partial charge in [-0.05, 0) is 54.3 Å². The molecule has 4 aromatic carbocycles. The predicted octanol–water partition coefficient (Wildman–Crippen LogP) is 4.28. The second-order valence-corrected chi connectivity index (χ2v) is 11.6. The number of aryl methyl sites for hydroxylation is 1. The zero-order chi connectivity index (χ0) is 35.2. The summed E-state index contributed by atoms with van der Waals surface area (Å²) in [7, 11) is 3.54. The molecule has 0 aliphatic rings. The van der Waals surface area contributed by atoms with E-state index in [0.29, 0.717) is 13.1 Å². The summed E-state index contributed by atoms with van der Waals surface area (Å²) in [5.74, 6) is 1.07. The third-order valence-corrected chi connectivity index (χ3v) is 7.66. The smallest absolute Gasteiger partial charge is 0.118 e. The molecule has 48 heavy (non-hydrogen) atoms. The van der Waals surface area contributed by atoms with Crippen LogP contribution < -0.4 is 50.2 Å². The maximum atomic E-state index is 6.86. The van der Waals surface area contributed by atoms with E-state index in [4.69, 9.17) is 44.9 Å². The molecular formula is C39H64N8O. The highest BCUT2D eigenvalue weighted by Gasteiger charge is 2.38. The van der Waals surface area contributed by atoms with Gasteiger partial charge in [-0.15, -0.1) is 0 Å². The van der Waals surface area contributed by atoms with Crippen LogP contribution in [-0.4, -0.2) is 46.4 Å². The molecule has 15 N–H and O–H groups in total. The van der Waals surface area contributed by atoms with E-state index in [0.717, 1.165) is 41.1 Å². The summed E-state index contributed by atoms with van der Waals surface area (Å²) < 4.78 is 5.24. The highest BCUT2D eigenvalue weighted by atomic mass is 16.5. The number of benzene rings is 4. The maximum Gasteiger partial charge on any atom is 0.118 e. The van der Waals surface area contributed by atoms with Crippen LogP contribution in [0.25, 0.3) is 0 Å². The molecule has 0 aliphatic heterocycles. The van der Waals surface area contributed by atoms with E-state index in [9.17, 15) is 0 Å². The Morgan fingerprint density at radius 1 is 0.646 bits per heavy atom. The van der Waals surface area contributed by atoms with Crippen molar-refractivity contribution in [3.63, 3.8) is 0 Å². The molecule has 0 aromatic heterocycles. The van der Waals surface area contributed by atoms with Gasteiger partial charge in [0.2, 0.25) is 0 Å². The minimum atomic E-state index is -0.728. The summed E-state index contributed by atoms with van der Waals surface area (Å²) in [4.78, 5) is 0. The topological polar surface area (TPSA) is 203 Å². The standard InChI is InChI=1S/C19H26N2O.C14H16N2.C3H10N2.C2H8N2.CH4/c1-13(2)18(20)19(21,15-7-5-14(3)6-8-15)16-9-11-17(22-4)12-10-16;15-13(11-7-3-1-4-8-11)14(16)12-9-5-2-6-10-12;1-5-3-2-4;3-1-2-4;/h5-13,18H,20-21H2,1-4H3;1-10,13-14H,15-16H2;5H,2-4H2,1H3;1-4H2;1H4/t18-,19?;13-,14-;;;/m11.../s1. The minimum Gasteiger partial charge on any atom is -0.497 e. The van der Waals surface area contributed by atoms with Crippen LogP contribution in [0.2, 0.25) is 0 Å². The van der Waals surface area contributed by atoms with Crippen molar-refractivity contribution >= 4 is 0 Å². The van der Waals surface area contributed by atoms with Crippen LogP contribution in [0.1, 0.15) is 61.2 Å². The molecule has 4 atom stereocenters. The lowest BCUT2D eigenvalue weighted by Gasteiger charge is -2.39. The van der Waals surface area contributed by atoms with Crippen LogP contribution in [0, 0.1) is 12.8 Å². The highest BCUT2D eigenvalue weighted by molar-refractivity contribution is 5.43. The number of ether oxygens (including phenoxy) is 1. The summed E-state index contributed by atoms with van der Waals surface area (Å²) in [6.07, 6.45) is 0. The van der Waals surface area contributed by atoms with Gasteiger partial charge < -0.3 is 50.2 Å². The van der Waals surface area contributed by atoms with Gasteiger partial charge in [0, 0.05) is 44.3 Å². The molecule has 0 fully saturated rings. The van der Waals surface area contributed by atoms with Crippen LogP contribution in [0.3, 0.4) is 0 Å². The Bertz CT molecular complexity index is 1270. The number of nitrogens with two attached hydrogens (primary N) is 7. The number of hydrogen-bond acceptors (Lipinski definition) is 9. The highest BCUT2D eigenvalue weighted by Crippen LogP contribution is 2.34. The summed E-state index contributed by atoms with van der Waals surface area (Å²) >= 11 is 0. The molecule has 0 radical (unpaired) electrons. The fourth-order valence-corrected chi connectivity index (χ4v) is 4.68. The zero-order valence-corrected chi connectivity index (χ0v) is 29.0. The van der Waals surface area contributed by atoms with Gasteiger partial charge in [-0.1, -0.05) is 124 Å². The van der Waals surface area contributed by atoms with Gasteiger partial charge in [0.05, 0.1) is 12.6 Å². The average Bonchev–Trinajstić information content (AvgIpc) is 3.12. The van der Waals surface area contributed by atoms with E-state index in [1.54, 1.807) is 7.11 Å². The van der Waals surface area contributed by atoms with Crippen molar-refractivity contribution in [3.05, 3.63) is 137 Å². The predicted molar refractivity (Wildman–Crippen MR) is 207 cm³/mol. The summed E-state index contributed by atoms with van der Waals surface area (Å²) in [6, 6.07) is 35.5. The van der Waals surface area contributed by atoms with Gasteiger partial charge in [0.15, 0.2) is 0 Å². The molecule has 0 spiro atoms. The fourth-order valence-electron chi connectivity index (χ4n) is 4.68. The number of rotatable bonds is 11. The van der Waals surface area contributed by atoms with E-state index in [2.05, 4.69) is 50.4 Å². The first-order valence-corrected chi connectivity index (χ1v) is 16.1. The van der Waals surface area contributed by atoms with Crippen molar-refractivity contribution < 1.29 is 4.74 Å². The van der Waals surface area contributed by atoms with Crippen LogP contribution in [-0.2, 0) is 5.54 Å². The Labute approximate surface area is 290 Å². The summed E-state index contributed by atoms with van der Waals surface area (Å²) in [5.41, 5.74) is 45.2.